The molecule has 0 spiro atoms. The van der Waals surface area contributed by atoms with E-state index < -0.39 is 4.92 Å². The minimum Gasteiger partial charge on any atom is -0.378 e. The molecular formula is C12H17ClN4O3. The van der Waals surface area contributed by atoms with Gasteiger partial charge in [-0.05, 0) is 38.3 Å². The number of nitro groups is 1. The summed E-state index contributed by atoms with van der Waals surface area (Å²) in [6.45, 7) is 5.55. The lowest BCUT2D eigenvalue weighted by Gasteiger charge is -2.32. The van der Waals surface area contributed by atoms with Gasteiger partial charge in [0, 0.05) is 19.7 Å². The molecular weight excluding hydrogens is 284 g/mol. The van der Waals surface area contributed by atoms with Gasteiger partial charge in [-0.3, -0.25) is 10.1 Å². The first kappa shape index (κ1) is 14.9. The van der Waals surface area contributed by atoms with Gasteiger partial charge in [-0.2, -0.15) is 4.98 Å². The van der Waals surface area contributed by atoms with Gasteiger partial charge in [-0.15, -0.1) is 0 Å². The molecule has 0 unspecified atom stereocenters. The average molecular weight is 301 g/mol. The van der Waals surface area contributed by atoms with Gasteiger partial charge in [0.1, 0.15) is 5.69 Å². The molecule has 0 aliphatic carbocycles. The lowest BCUT2D eigenvalue weighted by atomic mass is 10.1. The minimum absolute atomic E-state index is 0.0371. The second-order valence-electron chi connectivity index (χ2n) is 4.65. The predicted octanol–water partition coefficient (Wildman–Crippen LogP) is 2.35. The Balaban J connectivity index is 2.23. The van der Waals surface area contributed by atoms with Gasteiger partial charge in [0.15, 0.2) is 0 Å². The molecule has 7 nitrogen and oxygen atoms in total. The lowest BCUT2D eigenvalue weighted by molar-refractivity contribution is -0.385. The van der Waals surface area contributed by atoms with Crippen LogP contribution in [-0.4, -0.2) is 40.7 Å². The van der Waals surface area contributed by atoms with E-state index in [1.165, 1.54) is 0 Å². The SMILES string of the molecule is CCOC1CCN(c2nc(Cl)nc(C)c2[N+](=O)[O-])CC1. The summed E-state index contributed by atoms with van der Waals surface area (Å²) in [5, 5.41) is 11.2. The maximum absolute atomic E-state index is 11.2. The summed E-state index contributed by atoms with van der Waals surface area (Å²) in [6, 6.07) is 0. The molecule has 20 heavy (non-hydrogen) atoms. The van der Waals surface area contributed by atoms with Crippen LogP contribution in [0.1, 0.15) is 25.5 Å². The molecule has 0 atom stereocenters. The predicted molar refractivity (Wildman–Crippen MR) is 75.3 cm³/mol. The van der Waals surface area contributed by atoms with Gasteiger partial charge in [0.05, 0.1) is 11.0 Å². The van der Waals surface area contributed by atoms with Crippen LogP contribution in [0.2, 0.25) is 5.28 Å². The molecule has 2 heterocycles. The Morgan fingerprint density at radius 1 is 1.45 bits per heavy atom. The zero-order chi connectivity index (χ0) is 14.7. The molecule has 0 aromatic carbocycles. The summed E-state index contributed by atoms with van der Waals surface area (Å²) in [4.78, 5) is 20.5. The number of piperidine rings is 1. The van der Waals surface area contributed by atoms with E-state index in [4.69, 9.17) is 16.3 Å². The third-order valence-corrected chi connectivity index (χ3v) is 3.51. The second kappa shape index (κ2) is 6.32. The van der Waals surface area contributed by atoms with Crippen LogP contribution in [0.4, 0.5) is 11.5 Å². The Labute approximate surface area is 122 Å². The molecule has 0 N–H and O–H groups in total. The fraction of sp³-hybridized carbons (Fsp3) is 0.667. The summed E-state index contributed by atoms with van der Waals surface area (Å²) < 4.78 is 5.57. The van der Waals surface area contributed by atoms with Crippen LogP contribution in [0.5, 0.6) is 0 Å². The van der Waals surface area contributed by atoms with E-state index >= 15 is 0 Å². The number of halogens is 1. The first-order valence-electron chi connectivity index (χ1n) is 6.58. The van der Waals surface area contributed by atoms with Gasteiger partial charge in [0.2, 0.25) is 11.1 Å². The third-order valence-electron chi connectivity index (χ3n) is 3.34. The topological polar surface area (TPSA) is 81.4 Å². The number of aromatic nitrogens is 2. The van der Waals surface area contributed by atoms with Crippen LogP contribution in [0, 0.1) is 17.0 Å². The third kappa shape index (κ3) is 3.16. The van der Waals surface area contributed by atoms with Crippen LogP contribution in [0.3, 0.4) is 0 Å². The fourth-order valence-electron chi connectivity index (χ4n) is 2.42. The van der Waals surface area contributed by atoms with E-state index in [0.29, 0.717) is 25.5 Å². The zero-order valence-electron chi connectivity index (χ0n) is 11.5. The van der Waals surface area contributed by atoms with Crippen molar-refractivity contribution < 1.29 is 9.66 Å². The van der Waals surface area contributed by atoms with E-state index in [1.54, 1.807) is 6.92 Å². The number of hydrogen-bond acceptors (Lipinski definition) is 6. The van der Waals surface area contributed by atoms with Crippen molar-refractivity contribution in [1.29, 1.82) is 0 Å². The number of nitrogens with zero attached hydrogens (tertiary/aromatic N) is 4. The zero-order valence-corrected chi connectivity index (χ0v) is 12.3. The smallest absolute Gasteiger partial charge is 0.332 e. The molecule has 0 radical (unpaired) electrons. The average Bonchev–Trinajstić information content (AvgIpc) is 2.38. The summed E-state index contributed by atoms with van der Waals surface area (Å²) in [6.07, 6.45) is 1.87. The highest BCUT2D eigenvalue weighted by Gasteiger charge is 2.29. The molecule has 2 rings (SSSR count). The van der Waals surface area contributed by atoms with Crippen LogP contribution < -0.4 is 4.90 Å². The van der Waals surface area contributed by atoms with Gasteiger partial charge in [-0.25, -0.2) is 4.98 Å². The lowest BCUT2D eigenvalue weighted by Crippen LogP contribution is -2.38. The number of hydrogen-bond donors (Lipinski definition) is 0. The highest BCUT2D eigenvalue weighted by Crippen LogP contribution is 2.31. The highest BCUT2D eigenvalue weighted by molar-refractivity contribution is 6.28. The Morgan fingerprint density at radius 2 is 2.10 bits per heavy atom. The Morgan fingerprint density at radius 3 is 2.65 bits per heavy atom. The molecule has 1 aromatic rings. The van der Waals surface area contributed by atoms with Gasteiger partial charge < -0.3 is 9.64 Å². The maximum Gasteiger partial charge on any atom is 0.332 e. The molecule has 1 aromatic heterocycles. The standard InChI is InChI=1S/C12H17ClN4O3/c1-3-20-9-4-6-16(7-5-9)11-10(17(18)19)8(2)14-12(13)15-11/h9H,3-7H2,1-2H3. The minimum atomic E-state index is -0.449. The van der Waals surface area contributed by atoms with Crippen molar-refractivity contribution in [3.05, 3.63) is 21.1 Å². The normalized spacial score (nSPS) is 16.4. The number of aryl methyl sites for hydroxylation is 1. The number of anilines is 1. The summed E-state index contributed by atoms with van der Waals surface area (Å²) in [5.74, 6) is 0.308. The van der Waals surface area contributed by atoms with E-state index in [1.807, 2.05) is 11.8 Å². The van der Waals surface area contributed by atoms with E-state index in [9.17, 15) is 10.1 Å². The highest BCUT2D eigenvalue weighted by atomic mass is 35.5. The molecule has 0 bridgehead atoms. The van der Waals surface area contributed by atoms with Gasteiger partial charge >= 0.3 is 5.69 Å². The Kier molecular flexibility index (Phi) is 4.72. The van der Waals surface area contributed by atoms with Crippen molar-refractivity contribution in [3.8, 4) is 0 Å². The van der Waals surface area contributed by atoms with Crippen LogP contribution in [-0.2, 0) is 4.74 Å². The van der Waals surface area contributed by atoms with Crippen molar-refractivity contribution >= 4 is 23.1 Å². The monoisotopic (exact) mass is 300 g/mol. The first-order valence-corrected chi connectivity index (χ1v) is 6.95. The fourth-order valence-corrected chi connectivity index (χ4v) is 2.63. The van der Waals surface area contributed by atoms with E-state index in [0.717, 1.165) is 12.8 Å². The molecule has 0 amide bonds. The Bertz CT molecular complexity index is 504. The molecule has 1 saturated heterocycles. The van der Waals surface area contributed by atoms with Crippen molar-refractivity contribution in [3.63, 3.8) is 0 Å². The first-order chi connectivity index (χ1) is 9.52. The number of rotatable bonds is 4. The van der Waals surface area contributed by atoms with Gasteiger partial charge in [-0.1, -0.05) is 0 Å². The van der Waals surface area contributed by atoms with Crippen molar-refractivity contribution in [2.45, 2.75) is 32.8 Å². The van der Waals surface area contributed by atoms with Crippen molar-refractivity contribution in [2.75, 3.05) is 24.6 Å². The largest absolute Gasteiger partial charge is 0.378 e. The molecule has 1 aliphatic heterocycles. The van der Waals surface area contributed by atoms with Crippen LogP contribution >= 0.6 is 11.6 Å². The van der Waals surface area contributed by atoms with E-state index in [-0.39, 0.29) is 22.8 Å². The van der Waals surface area contributed by atoms with Crippen LogP contribution in [0.15, 0.2) is 0 Å². The summed E-state index contributed by atoms with van der Waals surface area (Å²) in [5.41, 5.74) is 0.223. The quantitative estimate of drug-likeness (QED) is 0.482. The molecule has 1 fully saturated rings. The van der Waals surface area contributed by atoms with Crippen molar-refractivity contribution in [2.24, 2.45) is 0 Å². The molecule has 0 saturated carbocycles. The molecule has 1 aliphatic rings. The summed E-state index contributed by atoms with van der Waals surface area (Å²) in [7, 11) is 0. The molecule has 110 valence electrons. The van der Waals surface area contributed by atoms with Gasteiger partial charge in [0.25, 0.3) is 0 Å². The maximum atomic E-state index is 11.2. The number of ether oxygens (including phenoxy) is 1. The Hall–Kier alpha value is -1.47. The summed E-state index contributed by atoms with van der Waals surface area (Å²) >= 11 is 5.83. The van der Waals surface area contributed by atoms with E-state index in [2.05, 4.69) is 9.97 Å². The van der Waals surface area contributed by atoms with Crippen molar-refractivity contribution in [1.82, 2.24) is 9.97 Å². The molecule has 8 heteroatoms. The second-order valence-corrected chi connectivity index (χ2v) is 4.99. The van der Waals surface area contributed by atoms with Crippen LogP contribution in [0.25, 0.3) is 0 Å².